The Kier molecular flexibility index (Phi) is 6.56. The predicted molar refractivity (Wildman–Crippen MR) is 101 cm³/mol. The topological polar surface area (TPSA) is 34.1 Å². The van der Waals surface area contributed by atoms with Crippen LogP contribution in [0.15, 0.2) is 54.9 Å². The fourth-order valence-corrected chi connectivity index (χ4v) is 2.62. The molecule has 0 aliphatic rings. The molecule has 1 atom stereocenters. The van der Waals surface area contributed by atoms with Gasteiger partial charge in [0.05, 0.1) is 7.11 Å². The lowest BCUT2D eigenvalue weighted by atomic mass is 9.86. The molecule has 0 spiro atoms. The lowest BCUT2D eigenvalue weighted by Gasteiger charge is -2.26. The van der Waals surface area contributed by atoms with Gasteiger partial charge in [0.25, 0.3) is 0 Å². The second kappa shape index (κ2) is 8.65. The molecule has 0 aliphatic heterocycles. The van der Waals surface area contributed by atoms with Crippen LogP contribution < -0.4 is 10.1 Å². The normalized spacial score (nSPS) is 13.2. The molecule has 0 bridgehead atoms. The maximum atomic E-state index is 5.18. The molecular weight excluding hydrogens is 296 g/mol. The molecule has 0 fully saturated rings. The first kappa shape index (κ1) is 18.2. The monoisotopic (exact) mass is 324 g/mol. The summed E-state index contributed by atoms with van der Waals surface area (Å²) in [5.74, 6) is 0.882. The van der Waals surface area contributed by atoms with Crippen molar-refractivity contribution in [2.24, 2.45) is 5.41 Å². The summed E-state index contributed by atoms with van der Waals surface area (Å²) in [6.45, 7) is 7.63. The third-order valence-corrected chi connectivity index (χ3v) is 3.81. The molecule has 1 heterocycles. The first-order valence-electron chi connectivity index (χ1n) is 8.42. The number of pyridine rings is 1. The van der Waals surface area contributed by atoms with Crippen molar-refractivity contribution in [2.45, 2.75) is 33.2 Å². The molecule has 1 aromatic heterocycles. The number of nitrogens with one attached hydrogen (secondary N) is 1. The predicted octanol–water partition coefficient (Wildman–Crippen LogP) is 4.87. The smallest absolute Gasteiger partial charge is 0.118 e. The van der Waals surface area contributed by atoms with Crippen molar-refractivity contribution < 1.29 is 4.74 Å². The summed E-state index contributed by atoms with van der Waals surface area (Å²) in [5, 5.41) is 3.63. The van der Waals surface area contributed by atoms with Gasteiger partial charge in [-0.2, -0.15) is 0 Å². The van der Waals surface area contributed by atoms with E-state index >= 15 is 0 Å². The Hall–Kier alpha value is -2.13. The highest BCUT2D eigenvalue weighted by Crippen LogP contribution is 2.28. The molecule has 0 aliphatic carbocycles. The van der Waals surface area contributed by atoms with Crippen LogP contribution in [0.4, 0.5) is 0 Å². The summed E-state index contributed by atoms with van der Waals surface area (Å²) in [6.07, 6.45) is 9.13. The van der Waals surface area contributed by atoms with Gasteiger partial charge in [0.1, 0.15) is 5.75 Å². The minimum Gasteiger partial charge on any atom is -0.497 e. The lowest BCUT2D eigenvalue weighted by molar-refractivity contribution is 0.316. The van der Waals surface area contributed by atoms with Crippen molar-refractivity contribution in [3.8, 4) is 5.75 Å². The summed E-state index contributed by atoms with van der Waals surface area (Å²) >= 11 is 0. The van der Waals surface area contributed by atoms with E-state index in [1.807, 2.05) is 30.6 Å². The third-order valence-electron chi connectivity index (χ3n) is 3.81. The quantitative estimate of drug-likeness (QED) is 0.789. The maximum absolute atomic E-state index is 5.18. The molecule has 2 aromatic rings. The Morgan fingerprint density at radius 2 is 1.92 bits per heavy atom. The Bertz CT molecular complexity index is 627. The summed E-state index contributed by atoms with van der Waals surface area (Å²) in [4.78, 5) is 4.26. The van der Waals surface area contributed by atoms with Crippen molar-refractivity contribution in [1.29, 1.82) is 0 Å². The zero-order valence-corrected chi connectivity index (χ0v) is 15.1. The minimum absolute atomic E-state index is 0.257. The van der Waals surface area contributed by atoms with Gasteiger partial charge < -0.3 is 10.1 Å². The summed E-state index contributed by atoms with van der Waals surface area (Å²) in [5.41, 5.74) is 2.67. The first-order valence-corrected chi connectivity index (χ1v) is 8.42. The van der Waals surface area contributed by atoms with Crippen LogP contribution in [0.5, 0.6) is 5.75 Å². The lowest BCUT2D eigenvalue weighted by Crippen LogP contribution is -2.26. The minimum atomic E-state index is 0.257. The molecule has 1 unspecified atom stereocenters. The molecular formula is C21H28N2O. The highest BCUT2D eigenvalue weighted by Gasteiger charge is 2.19. The summed E-state index contributed by atoms with van der Waals surface area (Å²) in [6, 6.07) is 12.5. The van der Waals surface area contributed by atoms with Gasteiger partial charge in [0.2, 0.25) is 0 Å². The molecule has 128 valence electrons. The first-order chi connectivity index (χ1) is 11.5. The van der Waals surface area contributed by atoms with Crippen LogP contribution in [0.2, 0.25) is 0 Å². The van der Waals surface area contributed by atoms with Gasteiger partial charge in [0.15, 0.2) is 0 Å². The van der Waals surface area contributed by atoms with Crippen LogP contribution in [0.25, 0.3) is 6.08 Å². The molecule has 0 amide bonds. The van der Waals surface area contributed by atoms with Crippen molar-refractivity contribution in [2.75, 3.05) is 13.7 Å². The van der Waals surface area contributed by atoms with Gasteiger partial charge in [-0.3, -0.25) is 4.98 Å². The van der Waals surface area contributed by atoms with E-state index in [2.05, 4.69) is 61.4 Å². The Balaban J connectivity index is 1.95. The molecule has 3 heteroatoms. The second-order valence-electron chi connectivity index (χ2n) is 7.19. The fraction of sp³-hybridized carbons (Fsp3) is 0.381. The van der Waals surface area contributed by atoms with E-state index in [1.54, 1.807) is 7.11 Å². The molecule has 1 aromatic carbocycles. The van der Waals surface area contributed by atoms with Crippen molar-refractivity contribution in [1.82, 2.24) is 10.3 Å². The SMILES string of the molecule is COc1ccc(/C=C/CNC(CC(C)(C)C)c2cccnc2)cc1. The van der Waals surface area contributed by atoms with E-state index in [1.165, 1.54) is 11.1 Å². The highest BCUT2D eigenvalue weighted by molar-refractivity contribution is 5.50. The fourth-order valence-electron chi connectivity index (χ4n) is 2.62. The van der Waals surface area contributed by atoms with Gasteiger partial charge >= 0.3 is 0 Å². The standard InChI is InChI=1S/C21H28N2O/c1-21(2,3)15-20(18-8-6-13-22-16-18)23-14-5-7-17-9-11-19(24-4)12-10-17/h5-13,16,20,23H,14-15H2,1-4H3/b7-5+. The zero-order chi connectivity index (χ0) is 17.4. The van der Waals surface area contributed by atoms with E-state index in [4.69, 9.17) is 4.74 Å². The van der Waals surface area contributed by atoms with Crippen LogP contribution >= 0.6 is 0 Å². The van der Waals surface area contributed by atoms with Gasteiger partial charge in [-0.25, -0.2) is 0 Å². The summed E-state index contributed by atoms with van der Waals surface area (Å²) in [7, 11) is 1.68. The average Bonchev–Trinajstić information content (AvgIpc) is 2.58. The molecule has 2 rings (SSSR count). The molecule has 3 nitrogen and oxygen atoms in total. The number of rotatable bonds is 7. The van der Waals surface area contributed by atoms with Crippen LogP contribution in [0.3, 0.4) is 0 Å². The van der Waals surface area contributed by atoms with Crippen molar-refractivity contribution >= 4 is 6.08 Å². The highest BCUT2D eigenvalue weighted by atomic mass is 16.5. The second-order valence-corrected chi connectivity index (χ2v) is 7.19. The number of ether oxygens (including phenoxy) is 1. The number of benzene rings is 1. The van der Waals surface area contributed by atoms with Gasteiger partial charge in [0, 0.05) is 25.0 Å². The van der Waals surface area contributed by atoms with E-state index in [0.29, 0.717) is 6.04 Å². The number of hydrogen-bond donors (Lipinski definition) is 1. The van der Waals surface area contributed by atoms with Crippen LogP contribution in [0.1, 0.15) is 44.4 Å². The van der Waals surface area contributed by atoms with E-state index in [-0.39, 0.29) is 5.41 Å². The maximum Gasteiger partial charge on any atom is 0.118 e. The van der Waals surface area contributed by atoms with E-state index in [0.717, 1.165) is 18.7 Å². The number of methoxy groups -OCH3 is 1. The van der Waals surface area contributed by atoms with E-state index < -0.39 is 0 Å². The Morgan fingerprint density at radius 1 is 1.17 bits per heavy atom. The van der Waals surface area contributed by atoms with Gasteiger partial charge in [-0.15, -0.1) is 0 Å². The zero-order valence-electron chi connectivity index (χ0n) is 15.1. The number of aromatic nitrogens is 1. The van der Waals surface area contributed by atoms with Crippen LogP contribution in [-0.4, -0.2) is 18.6 Å². The van der Waals surface area contributed by atoms with Crippen LogP contribution in [-0.2, 0) is 0 Å². The molecule has 0 saturated heterocycles. The third kappa shape index (κ3) is 6.17. The Labute approximate surface area is 145 Å². The van der Waals surface area contributed by atoms with Crippen LogP contribution in [0, 0.1) is 5.41 Å². The number of hydrogen-bond acceptors (Lipinski definition) is 3. The van der Waals surface area contributed by atoms with E-state index in [9.17, 15) is 0 Å². The van der Waals surface area contributed by atoms with Crippen molar-refractivity contribution in [3.63, 3.8) is 0 Å². The van der Waals surface area contributed by atoms with Crippen molar-refractivity contribution in [3.05, 3.63) is 66.0 Å². The van der Waals surface area contributed by atoms with Gasteiger partial charge in [-0.05, 0) is 41.2 Å². The van der Waals surface area contributed by atoms with Gasteiger partial charge in [-0.1, -0.05) is 51.1 Å². The molecule has 0 saturated carbocycles. The largest absolute Gasteiger partial charge is 0.497 e. The molecule has 0 radical (unpaired) electrons. The summed E-state index contributed by atoms with van der Waals surface area (Å²) < 4.78 is 5.18. The molecule has 24 heavy (non-hydrogen) atoms. The number of nitrogens with zero attached hydrogens (tertiary/aromatic N) is 1. The molecule has 1 N–H and O–H groups in total. The Morgan fingerprint density at radius 3 is 2.50 bits per heavy atom. The average molecular weight is 324 g/mol.